The summed E-state index contributed by atoms with van der Waals surface area (Å²) in [5.74, 6) is 1.27. The Morgan fingerprint density at radius 1 is 0.886 bits per heavy atom. The number of methoxy groups -OCH3 is 1. The second-order valence-corrected chi connectivity index (χ2v) is 7.48. The van der Waals surface area contributed by atoms with Gasteiger partial charge in [0.2, 0.25) is 11.8 Å². The van der Waals surface area contributed by atoms with Crippen LogP contribution >= 0.6 is 0 Å². The van der Waals surface area contributed by atoms with E-state index in [1.54, 1.807) is 43.5 Å². The average molecular weight is 476 g/mol. The average Bonchev–Trinajstić information content (AvgIpc) is 2.88. The highest BCUT2D eigenvalue weighted by molar-refractivity contribution is 5.93. The van der Waals surface area contributed by atoms with Gasteiger partial charge in [0.05, 0.1) is 19.9 Å². The summed E-state index contributed by atoms with van der Waals surface area (Å²) in [4.78, 5) is 24.1. The molecule has 8 heteroatoms. The van der Waals surface area contributed by atoms with Gasteiger partial charge < -0.3 is 19.5 Å². The van der Waals surface area contributed by atoms with Gasteiger partial charge in [0.15, 0.2) is 11.5 Å². The highest BCUT2D eigenvalue weighted by Gasteiger charge is 2.08. The smallest absolute Gasteiger partial charge is 0.240 e. The zero-order valence-corrected chi connectivity index (χ0v) is 19.8. The summed E-state index contributed by atoms with van der Waals surface area (Å²) < 4.78 is 16.6. The molecule has 0 aliphatic heterocycles. The highest BCUT2D eigenvalue weighted by Crippen LogP contribution is 2.28. The van der Waals surface area contributed by atoms with Crippen molar-refractivity contribution < 1.29 is 23.8 Å². The standard InChI is InChI=1S/C27H29N3O5/c1-3-34-23-12-10-22(11-13-23)29-26(31)15-16-27(32)30-28-18-21-9-14-24(25(17-21)33-2)35-19-20-7-5-4-6-8-20/h4-14,17-18H,3,15-16,19H2,1-2H3,(H,29,31)(H,30,32). The van der Waals surface area contributed by atoms with Crippen molar-refractivity contribution in [2.45, 2.75) is 26.4 Å². The molecule has 2 N–H and O–H groups in total. The van der Waals surface area contributed by atoms with Crippen LogP contribution in [0, 0.1) is 0 Å². The summed E-state index contributed by atoms with van der Waals surface area (Å²) in [6, 6.07) is 22.2. The number of carbonyl (C=O) groups is 2. The highest BCUT2D eigenvalue weighted by atomic mass is 16.5. The van der Waals surface area contributed by atoms with E-state index >= 15 is 0 Å². The molecule has 0 spiro atoms. The SMILES string of the molecule is CCOc1ccc(NC(=O)CCC(=O)NN=Cc2ccc(OCc3ccccc3)c(OC)c2)cc1. The molecular weight excluding hydrogens is 446 g/mol. The second kappa shape index (κ2) is 13.4. The maximum absolute atomic E-state index is 12.1. The third-order valence-electron chi connectivity index (χ3n) is 4.86. The normalized spacial score (nSPS) is 10.6. The largest absolute Gasteiger partial charge is 0.494 e. The minimum absolute atomic E-state index is 0.00971. The van der Waals surface area contributed by atoms with Crippen molar-refractivity contribution >= 4 is 23.7 Å². The zero-order valence-electron chi connectivity index (χ0n) is 19.8. The van der Waals surface area contributed by atoms with Gasteiger partial charge in [-0.05, 0) is 60.5 Å². The lowest BCUT2D eigenvalue weighted by Crippen LogP contribution is -2.20. The number of amides is 2. The molecule has 3 rings (SSSR count). The summed E-state index contributed by atoms with van der Waals surface area (Å²) in [7, 11) is 1.56. The van der Waals surface area contributed by atoms with Crippen LogP contribution in [0.5, 0.6) is 17.2 Å². The minimum atomic E-state index is -0.363. The summed E-state index contributed by atoms with van der Waals surface area (Å²) in [5, 5.41) is 6.71. The van der Waals surface area contributed by atoms with Gasteiger partial charge in [0.25, 0.3) is 0 Å². The van der Waals surface area contributed by atoms with Crippen LogP contribution in [0.25, 0.3) is 0 Å². The fraction of sp³-hybridized carbons (Fsp3) is 0.222. The quantitative estimate of drug-likeness (QED) is 0.296. The lowest BCUT2D eigenvalue weighted by Gasteiger charge is -2.11. The summed E-state index contributed by atoms with van der Waals surface area (Å²) in [6.07, 6.45) is 1.55. The maximum Gasteiger partial charge on any atom is 0.240 e. The molecule has 0 radical (unpaired) electrons. The minimum Gasteiger partial charge on any atom is -0.494 e. The Bertz CT molecular complexity index is 1130. The van der Waals surface area contributed by atoms with Crippen molar-refractivity contribution in [3.63, 3.8) is 0 Å². The molecule has 3 aromatic carbocycles. The van der Waals surface area contributed by atoms with E-state index in [9.17, 15) is 9.59 Å². The zero-order chi connectivity index (χ0) is 24.9. The number of benzene rings is 3. The first-order valence-corrected chi connectivity index (χ1v) is 11.3. The topological polar surface area (TPSA) is 98.2 Å². The van der Waals surface area contributed by atoms with Gasteiger partial charge in [-0.2, -0.15) is 5.10 Å². The predicted molar refractivity (Wildman–Crippen MR) is 135 cm³/mol. The van der Waals surface area contributed by atoms with Crippen LogP contribution in [0.3, 0.4) is 0 Å². The first kappa shape index (κ1) is 25.3. The maximum atomic E-state index is 12.1. The number of ether oxygens (including phenoxy) is 3. The molecule has 0 unspecified atom stereocenters. The van der Waals surface area contributed by atoms with Gasteiger partial charge in [-0.25, -0.2) is 5.43 Å². The van der Waals surface area contributed by atoms with Crippen molar-refractivity contribution in [1.29, 1.82) is 0 Å². The molecule has 0 aromatic heterocycles. The number of hydrazone groups is 1. The van der Waals surface area contributed by atoms with Crippen LogP contribution in [0.4, 0.5) is 5.69 Å². The van der Waals surface area contributed by atoms with Crippen LogP contribution in [0.2, 0.25) is 0 Å². The molecule has 0 saturated heterocycles. The molecule has 3 aromatic rings. The molecule has 35 heavy (non-hydrogen) atoms. The first-order chi connectivity index (χ1) is 17.1. The molecule has 0 aliphatic rings. The lowest BCUT2D eigenvalue weighted by molar-refractivity contribution is -0.124. The lowest BCUT2D eigenvalue weighted by atomic mass is 10.2. The number of nitrogens with one attached hydrogen (secondary N) is 2. The fourth-order valence-electron chi connectivity index (χ4n) is 3.11. The van der Waals surface area contributed by atoms with Gasteiger partial charge in [0, 0.05) is 18.5 Å². The third kappa shape index (κ3) is 8.51. The van der Waals surface area contributed by atoms with Crippen LogP contribution in [-0.2, 0) is 16.2 Å². The van der Waals surface area contributed by atoms with Gasteiger partial charge in [-0.15, -0.1) is 0 Å². The van der Waals surface area contributed by atoms with Crippen molar-refractivity contribution in [2.24, 2.45) is 5.10 Å². The molecule has 0 saturated carbocycles. The van der Waals surface area contributed by atoms with E-state index in [4.69, 9.17) is 14.2 Å². The summed E-state index contributed by atoms with van der Waals surface area (Å²) in [6.45, 7) is 2.90. The van der Waals surface area contributed by atoms with Gasteiger partial charge in [-0.1, -0.05) is 30.3 Å². The van der Waals surface area contributed by atoms with Crippen LogP contribution in [0.1, 0.15) is 30.9 Å². The fourth-order valence-corrected chi connectivity index (χ4v) is 3.11. The molecule has 0 fully saturated rings. The number of rotatable bonds is 12. The Morgan fingerprint density at radius 2 is 1.63 bits per heavy atom. The van der Waals surface area contributed by atoms with Gasteiger partial charge in [-0.3, -0.25) is 9.59 Å². The van der Waals surface area contributed by atoms with Gasteiger partial charge in [0.1, 0.15) is 12.4 Å². The van der Waals surface area contributed by atoms with E-state index in [0.717, 1.165) is 16.9 Å². The molecule has 0 aliphatic carbocycles. The Morgan fingerprint density at radius 3 is 2.34 bits per heavy atom. The van der Waals surface area contributed by atoms with Crippen molar-refractivity contribution in [3.8, 4) is 17.2 Å². The van der Waals surface area contributed by atoms with Crippen LogP contribution < -0.4 is 25.0 Å². The molecule has 8 nitrogen and oxygen atoms in total. The molecule has 0 atom stereocenters. The molecule has 0 heterocycles. The molecule has 2 amide bonds. The molecule has 0 bridgehead atoms. The van der Waals surface area contributed by atoms with E-state index in [1.165, 1.54) is 6.21 Å². The molecular formula is C27H29N3O5. The van der Waals surface area contributed by atoms with E-state index in [0.29, 0.717) is 30.4 Å². The van der Waals surface area contributed by atoms with Gasteiger partial charge >= 0.3 is 0 Å². The predicted octanol–water partition coefficient (Wildman–Crippen LogP) is 4.54. The van der Waals surface area contributed by atoms with E-state index < -0.39 is 0 Å². The number of hydrogen-bond donors (Lipinski definition) is 2. The van der Waals surface area contributed by atoms with Crippen molar-refractivity contribution in [3.05, 3.63) is 83.9 Å². The van der Waals surface area contributed by atoms with E-state index in [-0.39, 0.29) is 24.7 Å². The monoisotopic (exact) mass is 475 g/mol. The van der Waals surface area contributed by atoms with E-state index in [2.05, 4.69) is 15.8 Å². The van der Waals surface area contributed by atoms with Crippen LogP contribution in [0.15, 0.2) is 77.9 Å². The first-order valence-electron chi connectivity index (χ1n) is 11.3. The number of hydrogen-bond acceptors (Lipinski definition) is 6. The number of anilines is 1. The Balaban J connectivity index is 1.43. The molecule has 182 valence electrons. The third-order valence-corrected chi connectivity index (χ3v) is 4.86. The number of carbonyl (C=O) groups excluding carboxylic acids is 2. The van der Waals surface area contributed by atoms with Crippen molar-refractivity contribution in [2.75, 3.05) is 19.0 Å². The summed E-state index contributed by atoms with van der Waals surface area (Å²) in [5.41, 5.74) is 4.85. The Labute approximate surface area is 204 Å². The van der Waals surface area contributed by atoms with Crippen molar-refractivity contribution in [1.82, 2.24) is 5.43 Å². The van der Waals surface area contributed by atoms with Crippen LogP contribution in [-0.4, -0.2) is 31.7 Å². The number of nitrogens with zero attached hydrogens (tertiary/aromatic N) is 1. The van der Waals surface area contributed by atoms with E-state index in [1.807, 2.05) is 43.3 Å². The Kier molecular flexibility index (Phi) is 9.68. The Hall–Kier alpha value is -4.33. The second-order valence-electron chi connectivity index (χ2n) is 7.48. The summed E-state index contributed by atoms with van der Waals surface area (Å²) >= 11 is 0.